The molecule has 32 heteroatoms. The summed E-state index contributed by atoms with van der Waals surface area (Å²) in [5, 5.41) is 61.4. The van der Waals surface area contributed by atoms with Crippen LogP contribution in [0.2, 0.25) is 0 Å². The molecular formula is C40H69N15O16S. The average Bonchev–Trinajstić information content (AvgIpc) is 3.82. The second kappa shape index (κ2) is 32.1. The van der Waals surface area contributed by atoms with Crippen LogP contribution in [0.5, 0.6) is 0 Å². The van der Waals surface area contributed by atoms with Gasteiger partial charge in [-0.25, -0.2) is 4.79 Å². The van der Waals surface area contributed by atoms with Gasteiger partial charge in [-0.15, -0.1) is 0 Å². The molecular weight excluding hydrogens is 979 g/mol. The van der Waals surface area contributed by atoms with Gasteiger partial charge in [0.25, 0.3) is 0 Å². The molecule has 0 aromatic heterocycles. The van der Waals surface area contributed by atoms with E-state index in [0.717, 1.165) is 0 Å². The highest BCUT2D eigenvalue weighted by atomic mass is 32.1. The summed E-state index contributed by atoms with van der Waals surface area (Å²) in [5.74, 6) is -12.4. The Bertz CT molecular complexity index is 1970. The monoisotopic (exact) mass is 1050 g/mol. The van der Waals surface area contributed by atoms with E-state index in [1.54, 1.807) is 0 Å². The summed E-state index contributed by atoms with van der Waals surface area (Å²) in [4.78, 5) is 157. The molecule has 1 heterocycles. The number of nitrogens with zero attached hydrogens (tertiary/aromatic N) is 2. The second-order valence-electron chi connectivity index (χ2n) is 16.6. The number of carboxylic acids is 1. The summed E-state index contributed by atoms with van der Waals surface area (Å²) in [6.45, 7) is 1.13. The number of hydrogen-bond acceptors (Lipinski definition) is 18. The minimum absolute atomic E-state index is 0.0133. The van der Waals surface area contributed by atoms with Crippen LogP contribution in [0, 0.1) is 5.92 Å². The summed E-state index contributed by atoms with van der Waals surface area (Å²) < 4.78 is 0. The van der Waals surface area contributed by atoms with Crippen LogP contribution in [-0.4, -0.2) is 215 Å². The summed E-state index contributed by atoms with van der Waals surface area (Å²) in [6, 6.07) is -11.0. The van der Waals surface area contributed by atoms with Gasteiger partial charge in [0.05, 0.1) is 51.5 Å². The number of nitrogens with one attached hydrogen (secondary N) is 10. The molecule has 11 amide bonds. The first-order valence-corrected chi connectivity index (χ1v) is 23.1. The SMILES string of the molecule is CC(C)[C@H](NC(=O)[C@H](CO)NC(=O)[C@H](CCCN=C(N)N)NC(=O)[C@@H]1CCCN1C(=O)CNC(=O)[C@@H](NC(=O)[C@H](C)N)[C@@H](C)O)C(=O)NCC(=O)NCC(=O)NCC(=O)N[C@@H](CO)C(=O)N[C@@H](CS)C(=O)O. The van der Waals surface area contributed by atoms with Crippen molar-refractivity contribution < 1.29 is 78.0 Å². The van der Waals surface area contributed by atoms with Gasteiger partial charge in [0, 0.05) is 18.8 Å². The lowest BCUT2D eigenvalue weighted by molar-refractivity contribution is -0.141. The van der Waals surface area contributed by atoms with E-state index in [1.165, 1.54) is 32.6 Å². The van der Waals surface area contributed by atoms with Crippen molar-refractivity contribution in [3.05, 3.63) is 0 Å². The van der Waals surface area contributed by atoms with Gasteiger partial charge in [-0.3, -0.25) is 57.7 Å². The topological polar surface area (TPSA) is 500 Å². The van der Waals surface area contributed by atoms with Crippen LogP contribution in [0.1, 0.15) is 53.4 Å². The van der Waals surface area contributed by atoms with Crippen molar-refractivity contribution in [2.75, 3.05) is 58.2 Å². The summed E-state index contributed by atoms with van der Waals surface area (Å²) in [6.07, 6.45) is -0.850. The Kier molecular flexibility index (Phi) is 28.2. The highest BCUT2D eigenvalue weighted by molar-refractivity contribution is 7.80. The molecule has 9 atom stereocenters. The highest BCUT2D eigenvalue weighted by Gasteiger charge is 2.38. The van der Waals surface area contributed by atoms with Crippen molar-refractivity contribution in [2.45, 2.75) is 108 Å². The predicted octanol–water partition coefficient (Wildman–Crippen LogP) is -10.2. The maximum atomic E-state index is 13.7. The third kappa shape index (κ3) is 22.5. The smallest absolute Gasteiger partial charge is 0.327 e. The molecule has 1 saturated heterocycles. The fourth-order valence-electron chi connectivity index (χ4n) is 6.35. The van der Waals surface area contributed by atoms with Gasteiger partial charge in [0.2, 0.25) is 65.0 Å². The fourth-order valence-corrected chi connectivity index (χ4v) is 6.60. The van der Waals surface area contributed by atoms with E-state index in [9.17, 15) is 72.9 Å². The molecule has 0 unspecified atom stereocenters. The summed E-state index contributed by atoms with van der Waals surface area (Å²) in [7, 11) is 0. The number of rotatable bonds is 31. The van der Waals surface area contributed by atoms with E-state index in [2.05, 4.69) is 70.8 Å². The quantitative estimate of drug-likeness (QED) is 0.0133. The van der Waals surface area contributed by atoms with Gasteiger partial charge < -0.3 is 95.7 Å². The van der Waals surface area contributed by atoms with Gasteiger partial charge in [0.15, 0.2) is 5.96 Å². The number of carbonyl (C=O) groups excluding carboxylic acids is 11. The van der Waals surface area contributed by atoms with Gasteiger partial charge in [-0.1, -0.05) is 13.8 Å². The Morgan fingerprint density at radius 3 is 1.67 bits per heavy atom. The molecule has 0 radical (unpaired) electrons. The molecule has 1 rings (SSSR count). The number of aliphatic hydroxyl groups is 3. The Hall–Kier alpha value is -6.90. The first-order valence-electron chi connectivity index (χ1n) is 22.5. The van der Waals surface area contributed by atoms with Gasteiger partial charge >= 0.3 is 5.97 Å². The van der Waals surface area contributed by atoms with Crippen LogP contribution in [-0.2, 0) is 57.5 Å². The third-order valence-electron chi connectivity index (χ3n) is 10.4. The van der Waals surface area contributed by atoms with Crippen molar-refractivity contribution in [1.29, 1.82) is 0 Å². The second-order valence-corrected chi connectivity index (χ2v) is 17.0. The Morgan fingerprint density at radius 2 is 1.14 bits per heavy atom. The number of aliphatic carboxylic acids is 1. The van der Waals surface area contributed by atoms with E-state index in [0.29, 0.717) is 6.42 Å². The Balaban J connectivity index is 2.90. The lowest BCUT2D eigenvalue weighted by Crippen LogP contribution is -2.60. The van der Waals surface area contributed by atoms with E-state index < -0.39 is 171 Å². The maximum absolute atomic E-state index is 13.7. The lowest BCUT2D eigenvalue weighted by atomic mass is 10.0. The number of hydrogen-bond donors (Lipinski definition) is 18. The van der Waals surface area contributed by atoms with Crippen molar-refractivity contribution >= 4 is 89.5 Å². The number of thiol groups is 1. The summed E-state index contributed by atoms with van der Waals surface area (Å²) in [5.41, 5.74) is 16.3. The Labute approximate surface area is 418 Å². The number of aliphatic hydroxyl groups excluding tert-OH is 3. The molecule has 20 N–H and O–H groups in total. The van der Waals surface area contributed by atoms with Gasteiger partial charge in [0.1, 0.15) is 42.3 Å². The Morgan fingerprint density at radius 1 is 0.639 bits per heavy atom. The molecule has 31 nitrogen and oxygen atoms in total. The standard InChI is InChI=1S/C40H69N15O16S/c1-18(2)30(37(68)47-12-27(60)45-11-26(59)46-13-28(61)49-22(15-56)34(65)52-24(17-72)39(70)71)53-35(66)23(16-57)51-33(64)21(7-5-9-44-40(42)43)50-36(67)25-8-6-10-55(25)29(62)14-48-38(69)31(20(4)58)54-32(63)19(3)41/h18-25,30-31,56-58,72H,5-17,41H2,1-4H3,(H,45,60)(H,46,59)(H,47,68)(H,48,69)(H,49,61)(H,50,67)(H,51,64)(H,52,65)(H,53,66)(H,54,63)(H,70,71)(H4,42,43,44)/t19-,20+,21-,22-,23-,24-,25-,30-,31-/m0/s1. The largest absolute Gasteiger partial charge is 0.480 e. The average molecular weight is 1050 g/mol. The number of carboxylic acid groups (broad SMARTS) is 1. The third-order valence-corrected chi connectivity index (χ3v) is 10.7. The van der Waals surface area contributed by atoms with Crippen molar-refractivity contribution in [1.82, 2.24) is 58.1 Å². The molecule has 1 aliphatic rings. The van der Waals surface area contributed by atoms with Gasteiger partial charge in [-0.05, 0) is 45.4 Å². The normalized spacial score (nSPS) is 16.3. The van der Waals surface area contributed by atoms with Crippen LogP contribution in [0.25, 0.3) is 0 Å². The van der Waals surface area contributed by atoms with Crippen molar-refractivity contribution in [2.24, 2.45) is 28.1 Å². The molecule has 1 fully saturated rings. The van der Waals surface area contributed by atoms with Crippen LogP contribution in [0.4, 0.5) is 0 Å². The minimum atomic E-state index is -1.70. The lowest BCUT2D eigenvalue weighted by Gasteiger charge is -2.28. The molecule has 0 aliphatic carbocycles. The van der Waals surface area contributed by atoms with Crippen molar-refractivity contribution in [3.63, 3.8) is 0 Å². The molecule has 72 heavy (non-hydrogen) atoms. The molecule has 0 aromatic carbocycles. The van der Waals surface area contributed by atoms with Crippen molar-refractivity contribution in [3.8, 4) is 0 Å². The predicted molar refractivity (Wildman–Crippen MR) is 254 cm³/mol. The maximum Gasteiger partial charge on any atom is 0.327 e. The van der Waals surface area contributed by atoms with Crippen LogP contribution in [0.3, 0.4) is 0 Å². The number of nitrogens with two attached hydrogens (primary N) is 3. The number of guanidine groups is 1. The van der Waals surface area contributed by atoms with Crippen LogP contribution in [0.15, 0.2) is 4.99 Å². The van der Waals surface area contributed by atoms with Gasteiger partial charge in [-0.2, -0.15) is 12.6 Å². The zero-order valence-electron chi connectivity index (χ0n) is 40.2. The summed E-state index contributed by atoms with van der Waals surface area (Å²) >= 11 is 3.80. The molecule has 0 saturated carbocycles. The van der Waals surface area contributed by atoms with Crippen LogP contribution >= 0.6 is 12.6 Å². The molecule has 0 spiro atoms. The minimum Gasteiger partial charge on any atom is -0.480 e. The first-order chi connectivity index (χ1) is 33.8. The van der Waals surface area contributed by atoms with E-state index in [4.69, 9.17) is 22.3 Å². The zero-order chi connectivity index (χ0) is 54.8. The number of carbonyl (C=O) groups is 12. The van der Waals surface area contributed by atoms with E-state index in [1.807, 2.05) is 0 Å². The fraction of sp³-hybridized carbons (Fsp3) is 0.675. The molecule has 1 aliphatic heterocycles. The zero-order valence-corrected chi connectivity index (χ0v) is 41.1. The highest BCUT2D eigenvalue weighted by Crippen LogP contribution is 2.18. The molecule has 406 valence electrons. The molecule has 0 aromatic rings. The van der Waals surface area contributed by atoms with E-state index >= 15 is 0 Å². The first kappa shape index (κ1) is 63.1. The van der Waals surface area contributed by atoms with Crippen LogP contribution < -0.4 is 70.4 Å². The number of aliphatic imine (C=N–C) groups is 1. The number of likely N-dealkylation sites (tertiary alicyclic amines) is 1. The molecule has 0 bridgehead atoms. The number of amides is 11. The van der Waals surface area contributed by atoms with E-state index in [-0.39, 0.29) is 44.1 Å².